The van der Waals surface area contributed by atoms with E-state index in [0.29, 0.717) is 38.0 Å². The Balaban J connectivity index is 0.988. The van der Waals surface area contributed by atoms with E-state index in [9.17, 15) is 19.2 Å². The Morgan fingerprint density at radius 2 is 1.37 bits per heavy atom. The smallest absolute Gasteiger partial charge is 0.407 e. The van der Waals surface area contributed by atoms with Crippen LogP contribution in [0, 0.1) is 5.92 Å². The molecule has 306 valence electrons. The lowest BCUT2D eigenvalue weighted by Crippen LogP contribution is -2.43. The number of nitrogens with zero attached hydrogens (tertiary/aromatic N) is 4. The summed E-state index contributed by atoms with van der Waals surface area (Å²) in [6.45, 7) is 6.04. The fourth-order valence-electron chi connectivity index (χ4n) is 7.68. The number of imidazole rings is 2. The van der Waals surface area contributed by atoms with Crippen molar-refractivity contribution in [2.24, 2.45) is 5.92 Å². The minimum Gasteiger partial charge on any atom is -0.488 e. The summed E-state index contributed by atoms with van der Waals surface area (Å²) in [4.78, 5) is 70.7. The van der Waals surface area contributed by atoms with Gasteiger partial charge in [-0.15, -0.1) is 0 Å². The molecule has 1 saturated carbocycles. The summed E-state index contributed by atoms with van der Waals surface area (Å²) < 4.78 is 17.4. The van der Waals surface area contributed by atoms with Gasteiger partial charge in [-0.2, -0.15) is 0 Å². The van der Waals surface area contributed by atoms with Crippen LogP contribution in [0.4, 0.5) is 4.79 Å². The Morgan fingerprint density at radius 3 is 1.92 bits per heavy atom. The molecule has 1 fully saturated rings. The van der Waals surface area contributed by atoms with Crippen molar-refractivity contribution in [1.29, 1.82) is 0 Å². The second-order valence-electron chi connectivity index (χ2n) is 15.1. The van der Waals surface area contributed by atoms with Crippen molar-refractivity contribution in [1.82, 2.24) is 40.4 Å². The number of benzene rings is 3. The number of aromatic nitrogens is 4. The maximum absolute atomic E-state index is 14.1. The van der Waals surface area contributed by atoms with Gasteiger partial charge in [0, 0.05) is 52.4 Å². The normalized spacial score (nSPS) is 13.9. The molecule has 8 rings (SSSR count). The van der Waals surface area contributed by atoms with Crippen LogP contribution in [-0.2, 0) is 45.4 Å². The zero-order valence-electron chi connectivity index (χ0n) is 33.4. The Kier molecular flexibility index (Phi) is 11.3. The SMILES string of the molecule is CCCN(Cc1ncc(-c2cc3c4c(c2)OCc2cc(-c5cnc(CN(CCC)C(=O)[C@H](NC(=O)C6CC6)c6ccccc6)[nH]5)cc(c2-4)OC3)[nH]1)C(=O)CNC(=O)OC. The Bertz CT molecular complexity index is 2320. The maximum atomic E-state index is 14.1. The van der Waals surface area contributed by atoms with Crippen molar-refractivity contribution in [3.8, 4) is 45.1 Å². The summed E-state index contributed by atoms with van der Waals surface area (Å²) in [6.07, 6.45) is 6.05. The highest BCUT2D eigenvalue weighted by Crippen LogP contribution is 2.50. The Morgan fingerprint density at radius 1 is 0.814 bits per heavy atom. The van der Waals surface area contributed by atoms with Crippen molar-refractivity contribution in [3.63, 3.8) is 0 Å². The average molecular weight is 801 g/mol. The van der Waals surface area contributed by atoms with Crippen LogP contribution < -0.4 is 20.1 Å². The molecule has 1 aliphatic carbocycles. The highest BCUT2D eigenvalue weighted by molar-refractivity contribution is 5.91. The zero-order chi connectivity index (χ0) is 41.0. The van der Waals surface area contributed by atoms with E-state index >= 15 is 0 Å². The van der Waals surface area contributed by atoms with Gasteiger partial charge in [0.05, 0.1) is 44.0 Å². The molecule has 4 heterocycles. The standard InChI is InChI=1S/C44H48N8O7/c1-4-13-51(38(53)21-47-44(56)57-3)22-36-45-19-32(48-36)28-15-30-24-59-35-18-29(16-31-25-58-34(17-28)39(30)40(31)35)33-20-46-37(49-33)23-52(14-5-2)43(55)41(26-9-7-6-8-10-26)50-42(54)27-11-12-27/h6-10,15-20,27,41H,4-5,11-14,21-25H2,1-3H3,(H,45,48)(H,46,49)(H,47,56)(H,50,54)/t41-/m1/s1. The summed E-state index contributed by atoms with van der Waals surface area (Å²) in [6, 6.07) is 16.8. The van der Waals surface area contributed by atoms with E-state index in [4.69, 9.17) is 9.47 Å². The first-order valence-electron chi connectivity index (χ1n) is 20.1. The number of carbonyl (C=O) groups excluding carboxylic acids is 4. The molecule has 3 aromatic carbocycles. The number of ether oxygens (including phenoxy) is 3. The lowest BCUT2D eigenvalue weighted by Gasteiger charge is -2.30. The van der Waals surface area contributed by atoms with Crippen LogP contribution in [0.25, 0.3) is 33.6 Å². The van der Waals surface area contributed by atoms with Gasteiger partial charge in [-0.05, 0) is 55.5 Å². The van der Waals surface area contributed by atoms with Crippen LogP contribution in [0.5, 0.6) is 11.5 Å². The number of hydrogen-bond donors (Lipinski definition) is 4. The number of aromatic amines is 2. The molecule has 0 bridgehead atoms. The highest BCUT2D eigenvalue weighted by Gasteiger charge is 2.35. The van der Waals surface area contributed by atoms with Gasteiger partial charge in [-0.25, -0.2) is 14.8 Å². The van der Waals surface area contributed by atoms with Crippen LogP contribution in [-0.4, -0.2) is 80.3 Å². The largest absolute Gasteiger partial charge is 0.488 e. The fraction of sp³-hybridized carbons (Fsp3) is 0.364. The number of alkyl carbamates (subject to hydrolysis) is 1. The third-order valence-electron chi connectivity index (χ3n) is 10.8. The van der Waals surface area contributed by atoms with Gasteiger partial charge >= 0.3 is 6.09 Å². The number of amides is 4. The number of rotatable bonds is 16. The highest BCUT2D eigenvalue weighted by atomic mass is 16.5. The molecule has 0 spiro atoms. The van der Waals surface area contributed by atoms with Crippen molar-refractivity contribution in [2.75, 3.05) is 26.7 Å². The maximum Gasteiger partial charge on any atom is 0.407 e. The molecule has 15 nitrogen and oxygen atoms in total. The molecule has 0 radical (unpaired) electrons. The second kappa shape index (κ2) is 17.1. The minimum atomic E-state index is -0.778. The minimum absolute atomic E-state index is 0.0234. The van der Waals surface area contributed by atoms with Gasteiger partial charge in [0.1, 0.15) is 48.9 Å². The van der Waals surface area contributed by atoms with E-state index < -0.39 is 12.1 Å². The first-order valence-corrected chi connectivity index (χ1v) is 20.1. The molecule has 1 atom stereocenters. The van der Waals surface area contributed by atoms with Gasteiger partial charge in [0.2, 0.25) is 17.7 Å². The quantitative estimate of drug-likeness (QED) is 0.0927. The van der Waals surface area contributed by atoms with Crippen LogP contribution >= 0.6 is 0 Å². The molecule has 4 N–H and O–H groups in total. The van der Waals surface area contributed by atoms with Crippen LogP contribution in [0.1, 0.15) is 73.9 Å². The summed E-state index contributed by atoms with van der Waals surface area (Å²) in [5.41, 5.74) is 8.06. The van der Waals surface area contributed by atoms with E-state index in [2.05, 4.69) is 47.4 Å². The molecule has 3 aliphatic rings. The molecule has 5 aromatic rings. The van der Waals surface area contributed by atoms with E-state index in [0.717, 1.165) is 87.5 Å². The first-order chi connectivity index (χ1) is 28.7. The van der Waals surface area contributed by atoms with Gasteiger partial charge in [-0.1, -0.05) is 44.2 Å². The topological polar surface area (TPSA) is 184 Å². The third-order valence-corrected chi connectivity index (χ3v) is 10.8. The molecule has 59 heavy (non-hydrogen) atoms. The number of carbonyl (C=O) groups is 4. The van der Waals surface area contributed by atoms with Gasteiger partial charge in [0.25, 0.3) is 0 Å². The van der Waals surface area contributed by atoms with Crippen molar-refractivity contribution >= 4 is 23.8 Å². The van der Waals surface area contributed by atoms with Crippen molar-refractivity contribution < 1.29 is 33.4 Å². The third kappa shape index (κ3) is 8.50. The number of methoxy groups -OCH3 is 1. The Labute approximate surface area is 341 Å². The van der Waals surface area contributed by atoms with E-state index in [1.807, 2.05) is 56.3 Å². The lowest BCUT2D eigenvalue weighted by molar-refractivity contribution is -0.137. The van der Waals surface area contributed by atoms with Crippen LogP contribution in [0.2, 0.25) is 0 Å². The van der Waals surface area contributed by atoms with Gasteiger partial charge in [-0.3, -0.25) is 14.4 Å². The van der Waals surface area contributed by atoms with Crippen LogP contribution in [0.3, 0.4) is 0 Å². The zero-order valence-corrected chi connectivity index (χ0v) is 33.4. The number of nitrogens with one attached hydrogen (secondary N) is 4. The number of hydrogen-bond acceptors (Lipinski definition) is 9. The van der Waals surface area contributed by atoms with Gasteiger partial charge in [0.15, 0.2) is 0 Å². The molecule has 15 heteroatoms. The molecular weight excluding hydrogens is 753 g/mol. The van der Waals surface area contributed by atoms with Gasteiger partial charge < -0.3 is 44.6 Å². The average Bonchev–Trinajstić information content (AvgIpc) is 3.83. The molecule has 4 amide bonds. The molecule has 2 aliphatic heterocycles. The van der Waals surface area contributed by atoms with Crippen molar-refractivity contribution in [2.45, 2.75) is 71.9 Å². The monoisotopic (exact) mass is 800 g/mol. The molecule has 0 saturated heterocycles. The van der Waals surface area contributed by atoms with E-state index in [1.54, 1.807) is 22.2 Å². The van der Waals surface area contributed by atoms with E-state index in [1.165, 1.54) is 7.11 Å². The lowest BCUT2D eigenvalue weighted by atomic mass is 9.87. The predicted molar refractivity (Wildman–Crippen MR) is 218 cm³/mol. The van der Waals surface area contributed by atoms with Crippen LogP contribution in [0.15, 0.2) is 67.0 Å². The molecule has 2 aromatic heterocycles. The molecule has 0 unspecified atom stereocenters. The molecular formula is C44H48N8O7. The summed E-state index contributed by atoms with van der Waals surface area (Å²) in [5.74, 6) is 2.24. The van der Waals surface area contributed by atoms with Crippen molar-refractivity contribution in [3.05, 3.63) is 95.3 Å². The summed E-state index contributed by atoms with van der Waals surface area (Å²) in [5, 5.41) is 5.47. The second-order valence-corrected chi connectivity index (χ2v) is 15.1. The summed E-state index contributed by atoms with van der Waals surface area (Å²) >= 11 is 0. The predicted octanol–water partition coefficient (Wildman–Crippen LogP) is 6.02. The Hall–Kier alpha value is -6.64. The van der Waals surface area contributed by atoms with E-state index in [-0.39, 0.29) is 43.3 Å². The number of H-pyrrole nitrogens is 2. The fourth-order valence-corrected chi connectivity index (χ4v) is 7.68. The summed E-state index contributed by atoms with van der Waals surface area (Å²) in [7, 11) is 1.25. The first kappa shape index (κ1) is 39.2.